The molecule has 0 bridgehead atoms. The summed E-state index contributed by atoms with van der Waals surface area (Å²) in [5, 5.41) is 3.32. The lowest BCUT2D eigenvalue weighted by Gasteiger charge is -2.06. The molecule has 0 amide bonds. The van der Waals surface area contributed by atoms with Crippen molar-refractivity contribution in [3.8, 4) is 0 Å². The molecule has 1 heterocycles. The zero-order chi connectivity index (χ0) is 12.1. The Morgan fingerprint density at radius 1 is 1.29 bits per heavy atom. The highest BCUT2D eigenvalue weighted by Crippen LogP contribution is 2.10. The number of hydrogen-bond donors (Lipinski definition) is 1. The van der Waals surface area contributed by atoms with Crippen LogP contribution >= 0.6 is 0 Å². The Morgan fingerprint density at radius 2 is 2.18 bits per heavy atom. The Labute approximate surface area is 100 Å². The van der Waals surface area contributed by atoms with E-state index in [0.29, 0.717) is 0 Å². The molecular formula is C14H16FNO. The quantitative estimate of drug-likeness (QED) is 0.803. The van der Waals surface area contributed by atoms with Gasteiger partial charge in [0.15, 0.2) is 0 Å². The first-order valence-electron chi connectivity index (χ1n) is 5.72. The molecule has 0 spiro atoms. The molecule has 90 valence electrons. The number of aryl methyl sites for hydroxylation is 1. The molecule has 2 nitrogen and oxygen atoms in total. The van der Waals surface area contributed by atoms with E-state index in [-0.39, 0.29) is 5.82 Å². The Morgan fingerprint density at radius 3 is 2.88 bits per heavy atom. The fourth-order valence-electron chi connectivity index (χ4n) is 1.79. The molecule has 2 aromatic rings. The average Bonchev–Trinajstić information content (AvgIpc) is 2.79. The molecule has 17 heavy (non-hydrogen) atoms. The first-order chi connectivity index (χ1) is 8.25. The predicted molar refractivity (Wildman–Crippen MR) is 65.3 cm³/mol. The lowest BCUT2D eigenvalue weighted by molar-refractivity contribution is 0.560. The summed E-state index contributed by atoms with van der Waals surface area (Å²) in [7, 11) is 0. The van der Waals surface area contributed by atoms with Crippen LogP contribution in [0.1, 0.15) is 16.7 Å². The van der Waals surface area contributed by atoms with Gasteiger partial charge in [-0.1, -0.05) is 6.07 Å². The molecule has 0 fully saturated rings. The van der Waals surface area contributed by atoms with Gasteiger partial charge in [-0.25, -0.2) is 4.39 Å². The highest BCUT2D eigenvalue weighted by Gasteiger charge is 2.00. The first kappa shape index (κ1) is 11.9. The molecule has 1 aromatic carbocycles. The van der Waals surface area contributed by atoms with Gasteiger partial charge in [0.1, 0.15) is 5.82 Å². The molecular weight excluding hydrogens is 217 g/mol. The van der Waals surface area contributed by atoms with Crippen LogP contribution in [-0.4, -0.2) is 6.54 Å². The largest absolute Gasteiger partial charge is 0.472 e. The maximum Gasteiger partial charge on any atom is 0.123 e. The van der Waals surface area contributed by atoms with Crippen LogP contribution in [0.4, 0.5) is 4.39 Å². The summed E-state index contributed by atoms with van der Waals surface area (Å²) in [6.07, 6.45) is 4.31. The van der Waals surface area contributed by atoms with Gasteiger partial charge in [-0.15, -0.1) is 0 Å². The summed E-state index contributed by atoms with van der Waals surface area (Å²) >= 11 is 0. The Hall–Kier alpha value is -1.61. The fraction of sp³-hybridized carbons (Fsp3) is 0.286. The highest BCUT2D eigenvalue weighted by atomic mass is 19.1. The number of halogens is 1. The average molecular weight is 233 g/mol. The van der Waals surface area contributed by atoms with Crippen LogP contribution in [0.15, 0.2) is 41.2 Å². The van der Waals surface area contributed by atoms with Crippen LogP contribution in [0, 0.1) is 12.7 Å². The van der Waals surface area contributed by atoms with Crippen molar-refractivity contribution in [1.29, 1.82) is 0 Å². The van der Waals surface area contributed by atoms with Gasteiger partial charge in [-0.3, -0.25) is 0 Å². The van der Waals surface area contributed by atoms with Gasteiger partial charge in [0, 0.05) is 12.1 Å². The zero-order valence-corrected chi connectivity index (χ0v) is 9.87. The van der Waals surface area contributed by atoms with Crippen molar-refractivity contribution in [2.24, 2.45) is 0 Å². The third-order valence-electron chi connectivity index (χ3n) is 2.78. The van der Waals surface area contributed by atoms with E-state index in [9.17, 15) is 4.39 Å². The van der Waals surface area contributed by atoms with Crippen molar-refractivity contribution >= 4 is 0 Å². The molecule has 0 unspecified atom stereocenters. The van der Waals surface area contributed by atoms with Gasteiger partial charge in [0.25, 0.3) is 0 Å². The monoisotopic (exact) mass is 233 g/mol. The smallest absolute Gasteiger partial charge is 0.123 e. The van der Waals surface area contributed by atoms with E-state index >= 15 is 0 Å². The third kappa shape index (κ3) is 3.43. The topological polar surface area (TPSA) is 25.2 Å². The van der Waals surface area contributed by atoms with Crippen molar-refractivity contribution in [2.45, 2.75) is 19.9 Å². The second-order valence-electron chi connectivity index (χ2n) is 4.13. The maximum atomic E-state index is 12.9. The normalized spacial score (nSPS) is 10.7. The first-order valence-corrected chi connectivity index (χ1v) is 5.72. The van der Waals surface area contributed by atoms with Crippen LogP contribution in [-0.2, 0) is 13.0 Å². The molecule has 0 saturated heterocycles. The number of rotatable bonds is 5. The summed E-state index contributed by atoms with van der Waals surface area (Å²) < 4.78 is 17.9. The lowest BCUT2D eigenvalue weighted by Crippen LogP contribution is -2.16. The van der Waals surface area contributed by atoms with E-state index in [1.807, 2.05) is 19.1 Å². The number of hydrogen-bond acceptors (Lipinski definition) is 2. The van der Waals surface area contributed by atoms with Gasteiger partial charge in [-0.05, 0) is 49.2 Å². The number of benzene rings is 1. The SMILES string of the molecule is Cc1cc(F)ccc1CCNCc1ccoc1. The van der Waals surface area contributed by atoms with Crippen LogP contribution in [0.3, 0.4) is 0 Å². The molecule has 0 aliphatic carbocycles. The minimum atomic E-state index is -0.169. The summed E-state index contributed by atoms with van der Waals surface area (Å²) in [4.78, 5) is 0. The van der Waals surface area contributed by atoms with Gasteiger partial charge in [0.05, 0.1) is 12.5 Å². The van der Waals surface area contributed by atoms with Crippen molar-refractivity contribution in [3.63, 3.8) is 0 Å². The second kappa shape index (κ2) is 5.64. The second-order valence-corrected chi connectivity index (χ2v) is 4.13. The number of nitrogens with one attached hydrogen (secondary N) is 1. The summed E-state index contributed by atoms with van der Waals surface area (Å²) in [6.45, 7) is 3.61. The summed E-state index contributed by atoms with van der Waals surface area (Å²) in [5.74, 6) is -0.169. The van der Waals surface area contributed by atoms with Crippen molar-refractivity contribution < 1.29 is 8.81 Å². The van der Waals surface area contributed by atoms with Crippen molar-refractivity contribution in [2.75, 3.05) is 6.54 Å². The predicted octanol–water partition coefficient (Wildman–Crippen LogP) is 3.06. The van der Waals surface area contributed by atoms with Gasteiger partial charge in [0.2, 0.25) is 0 Å². The Bertz CT molecular complexity index is 465. The van der Waals surface area contributed by atoms with E-state index in [2.05, 4.69) is 5.32 Å². The molecule has 0 saturated carbocycles. The molecule has 0 radical (unpaired) electrons. The zero-order valence-electron chi connectivity index (χ0n) is 9.87. The van der Waals surface area contributed by atoms with Gasteiger partial charge in [-0.2, -0.15) is 0 Å². The minimum absolute atomic E-state index is 0.169. The molecule has 0 aliphatic rings. The summed E-state index contributed by atoms with van der Waals surface area (Å²) in [6, 6.07) is 6.88. The Balaban J connectivity index is 1.78. The molecule has 3 heteroatoms. The van der Waals surface area contributed by atoms with Gasteiger partial charge < -0.3 is 9.73 Å². The molecule has 0 aliphatic heterocycles. The van der Waals surface area contributed by atoms with Crippen molar-refractivity contribution in [3.05, 3.63) is 59.3 Å². The van der Waals surface area contributed by atoms with E-state index < -0.39 is 0 Å². The maximum absolute atomic E-state index is 12.9. The standard InChI is InChI=1S/C14H16FNO/c1-11-8-14(15)3-2-13(11)4-6-16-9-12-5-7-17-10-12/h2-3,5,7-8,10,16H,4,6,9H2,1H3. The molecule has 1 N–H and O–H groups in total. The van der Waals surface area contributed by atoms with Crippen LogP contribution in [0.2, 0.25) is 0 Å². The van der Waals surface area contributed by atoms with Crippen LogP contribution in [0.5, 0.6) is 0 Å². The lowest BCUT2D eigenvalue weighted by atomic mass is 10.1. The molecule has 2 rings (SSSR count). The highest BCUT2D eigenvalue weighted by molar-refractivity contribution is 5.26. The van der Waals surface area contributed by atoms with Crippen LogP contribution < -0.4 is 5.32 Å². The van der Waals surface area contributed by atoms with Crippen LogP contribution in [0.25, 0.3) is 0 Å². The van der Waals surface area contributed by atoms with E-state index in [4.69, 9.17) is 4.42 Å². The minimum Gasteiger partial charge on any atom is -0.472 e. The van der Waals surface area contributed by atoms with Gasteiger partial charge >= 0.3 is 0 Å². The summed E-state index contributed by atoms with van der Waals surface area (Å²) in [5.41, 5.74) is 3.34. The Kier molecular flexibility index (Phi) is 3.94. The molecule has 1 aromatic heterocycles. The van der Waals surface area contributed by atoms with E-state index in [0.717, 1.165) is 30.6 Å². The fourth-order valence-corrected chi connectivity index (χ4v) is 1.79. The van der Waals surface area contributed by atoms with E-state index in [1.54, 1.807) is 18.6 Å². The number of furan rings is 1. The molecule has 0 atom stereocenters. The van der Waals surface area contributed by atoms with E-state index in [1.165, 1.54) is 11.6 Å². The third-order valence-corrected chi connectivity index (χ3v) is 2.78. The van der Waals surface area contributed by atoms with Crippen molar-refractivity contribution in [1.82, 2.24) is 5.32 Å².